The van der Waals surface area contributed by atoms with Crippen molar-refractivity contribution in [2.75, 3.05) is 16.8 Å². The van der Waals surface area contributed by atoms with Gasteiger partial charge in [0.1, 0.15) is 11.5 Å². The minimum atomic E-state index is -0.539. The summed E-state index contributed by atoms with van der Waals surface area (Å²) in [5, 5.41) is 9.56. The number of aromatic nitrogens is 4. The molecule has 1 unspecified atom stereocenters. The maximum atomic E-state index is 13.4. The lowest BCUT2D eigenvalue weighted by atomic mass is 10.1. The van der Waals surface area contributed by atoms with Crippen LogP contribution in [0.4, 0.5) is 11.5 Å². The van der Waals surface area contributed by atoms with Gasteiger partial charge in [0.25, 0.3) is 5.56 Å². The molecule has 1 aliphatic rings. The smallest absolute Gasteiger partial charge is 0.256 e. The van der Waals surface area contributed by atoms with Crippen LogP contribution in [0.3, 0.4) is 0 Å². The number of aromatic amines is 1. The number of anilines is 2. The molecule has 3 aromatic heterocycles. The lowest BCUT2D eigenvalue weighted by Gasteiger charge is -2.16. The molecule has 1 aliphatic heterocycles. The first-order chi connectivity index (χ1) is 19.5. The summed E-state index contributed by atoms with van der Waals surface area (Å²) in [5.74, 6) is -0.383. The average Bonchev–Trinajstić information content (AvgIpc) is 3.72. The Labute approximate surface area is 234 Å². The van der Waals surface area contributed by atoms with Gasteiger partial charge in [-0.25, -0.2) is 4.98 Å². The van der Waals surface area contributed by atoms with Crippen molar-refractivity contribution in [1.29, 1.82) is 0 Å². The fourth-order valence-electron chi connectivity index (χ4n) is 4.85. The van der Waals surface area contributed by atoms with Crippen LogP contribution in [0.1, 0.15) is 23.2 Å². The minimum absolute atomic E-state index is 0.102. The molecule has 40 heavy (non-hydrogen) atoms. The quantitative estimate of drug-likeness (QED) is 0.308. The number of hydrogen-bond donors (Lipinski definition) is 2. The molecule has 9 nitrogen and oxygen atoms in total. The van der Waals surface area contributed by atoms with Gasteiger partial charge in [0.2, 0.25) is 17.8 Å². The van der Waals surface area contributed by atoms with Gasteiger partial charge in [0, 0.05) is 36.7 Å². The minimum Gasteiger partial charge on any atom is -0.312 e. The van der Waals surface area contributed by atoms with Crippen LogP contribution in [0.15, 0.2) is 89.0 Å². The van der Waals surface area contributed by atoms with E-state index in [0.717, 1.165) is 16.1 Å². The second-order valence-corrected chi connectivity index (χ2v) is 10.6. The molecule has 1 saturated heterocycles. The van der Waals surface area contributed by atoms with E-state index in [0.29, 0.717) is 29.2 Å². The van der Waals surface area contributed by atoms with Crippen molar-refractivity contribution < 1.29 is 9.59 Å². The summed E-state index contributed by atoms with van der Waals surface area (Å²) in [6.45, 7) is 2.07. The standard InChI is InChI=1S/C30H26N6O3S/c1-19-23(15-20-9-4-2-5-10-20)29(39)33-30(31-19)36-26(17-24(34-36)25-13-8-14-40-25)32-28(38)21-16-27(37)35(18-21)22-11-6-3-7-12-22/h2-14,17,21H,15-16,18H2,1H3,(H,32,38)(H,31,33,39). The number of benzene rings is 2. The van der Waals surface area contributed by atoms with E-state index in [2.05, 4.69) is 20.4 Å². The highest BCUT2D eigenvalue weighted by Crippen LogP contribution is 2.29. The molecule has 1 atom stereocenters. The Balaban J connectivity index is 1.30. The number of H-pyrrole nitrogens is 1. The van der Waals surface area contributed by atoms with Gasteiger partial charge in [-0.3, -0.25) is 19.4 Å². The Hall–Kier alpha value is -4.83. The van der Waals surface area contributed by atoms with Crippen LogP contribution in [-0.4, -0.2) is 38.1 Å². The Morgan fingerprint density at radius 3 is 2.50 bits per heavy atom. The highest BCUT2D eigenvalue weighted by atomic mass is 32.1. The Morgan fingerprint density at radius 1 is 1.05 bits per heavy atom. The molecule has 0 saturated carbocycles. The van der Waals surface area contributed by atoms with Gasteiger partial charge in [-0.15, -0.1) is 11.3 Å². The summed E-state index contributed by atoms with van der Waals surface area (Å²) in [7, 11) is 0. The second kappa shape index (κ2) is 10.7. The molecule has 4 heterocycles. The summed E-state index contributed by atoms with van der Waals surface area (Å²) >= 11 is 1.51. The lowest BCUT2D eigenvalue weighted by Crippen LogP contribution is -2.29. The zero-order valence-electron chi connectivity index (χ0n) is 21.7. The predicted molar refractivity (Wildman–Crippen MR) is 155 cm³/mol. The normalized spacial score (nSPS) is 15.0. The van der Waals surface area contributed by atoms with E-state index in [1.807, 2.05) is 78.2 Å². The average molecular weight is 551 g/mol. The van der Waals surface area contributed by atoms with Gasteiger partial charge in [-0.1, -0.05) is 54.6 Å². The molecule has 10 heteroatoms. The lowest BCUT2D eigenvalue weighted by molar-refractivity contribution is -0.122. The second-order valence-electron chi connectivity index (χ2n) is 9.65. The van der Waals surface area contributed by atoms with E-state index < -0.39 is 5.92 Å². The molecule has 2 aromatic carbocycles. The van der Waals surface area contributed by atoms with Crippen molar-refractivity contribution >= 4 is 34.7 Å². The zero-order chi connectivity index (χ0) is 27.6. The summed E-state index contributed by atoms with van der Waals surface area (Å²) in [4.78, 5) is 49.3. The largest absolute Gasteiger partial charge is 0.312 e. The highest BCUT2D eigenvalue weighted by Gasteiger charge is 2.35. The van der Waals surface area contributed by atoms with E-state index in [4.69, 9.17) is 0 Å². The van der Waals surface area contributed by atoms with E-state index in [-0.39, 0.29) is 36.3 Å². The van der Waals surface area contributed by atoms with Crippen LogP contribution < -0.4 is 15.8 Å². The number of nitrogens with zero attached hydrogens (tertiary/aromatic N) is 4. The van der Waals surface area contributed by atoms with Gasteiger partial charge >= 0.3 is 0 Å². The molecular weight excluding hydrogens is 524 g/mol. The van der Waals surface area contributed by atoms with E-state index in [1.54, 1.807) is 17.9 Å². The number of hydrogen-bond acceptors (Lipinski definition) is 6. The maximum Gasteiger partial charge on any atom is 0.256 e. The zero-order valence-corrected chi connectivity index (χ0v) is 22.5. The number of carbonyl (C=O) groups excluding carboxylic acids is 2. The fourth-order valence-corrected chi connectivity index (χ4v) is 5.53. The number of nitrogens with one attached hydrogen (secondary N) is 2. The third kappa shape index (κ3) is 5.08. The Bertz CT molecular complexity index is 1730. The molecular formula is C30H26N6O3S. The van der Waals surface area contributed by atoms with E-state index in [9.17, 15) is 14.4 Å². The van der Waals surface area contributed by atoms with Crippen LogP contribution in [0.5, 0.6) is 0 Å². The molecule has 200 valence electrons. The number of rotatable bonds is 7. The fraction of sp³-hybridized carbons (Fsp3) is 0.167. The SMILES string of the molecule is Cc1nc(-n2nc(-c3cccs3)cc2NC(=O)C2CC(=O)N(c3ccccc3)C2)[nH]c(=O)c1Cc1ccccc1. The van der Waals surface area contributed by atoms with Crippen molar-refractivity contribution in [3.8, 4) is 16.5 Å². The predicted octanol–water partition coefficient (Wildman–Crippen LogP) is 4.57. The summed E-state index contributed by atoms with van der Waals surface area (Å²) in [6.07, 6.45) is 0.557. The molecule has 6 rings (SSSR count). The van der Waals surface area contributed by atoms with Gasteiger partial charge in [-0.2, -0.15) is 9.78 Å². The number of aryl methyl sites for hydroxylation is 1. The molecule has 2 amide bonds. The number of thiophene rings is 1. The third-order valence-electron chi connectivity index (χ3n) is 6.93. The van der Waals surface area contributed by atoms with E-state index >= 15 is 0 Å². The summed E-state index contributed by atoms with van der Waals surface area (Å²) in [6, 6.07) is 24.6. The van der Waals surface area contributed by atoms with Crippen LogP contribution >= 0.6 is 11.3 Å². The van der Waals surface area contributed by atoms with E-state index in [1.165, 1.54) is 16.0 Å². The summed E-state index contributed by atoms with van der Waals surface area (Å²) < 4.78 is 1.44. The maximum absolute atomic E-state index is 13.4. The Kier molecular flexibility index (Phi) is 6.83. The highest BCUT2D eigenvalue weighted by molar-refractivity contribution is 7.13. The molecule has 0 bridgehead atoms. The van der Waals surface area contributed by atoms with Crippen molar-refractivity contribution in [3.05, 3.63) is 111 Å². The van der Waals surface area contributed by atoms with Crippen molar-refractivity contribution in [1.82, 2.24) is 19.7 Å². The van der Waals surface area contributed by atoms with Gasteiger partial charge < -0.3 is 10.2 Å². The van der Waals surface area contributed by atoms with Gasteiger partial charge in [0.15, 0.2) is 0 Å². The topological polar surface area (TPSA) is 113 Å². The Morgan fingerprint density at radius 2 is 1.80 bits per heavy atom. The van der Waals surface area contributed by atoms with Crippen LogP contribution in [-0.2, 0) is 16.0 Å². The van der Waals surface area contributed by atoms with Crippen LogP contribution in [0, 0.1) is 12.8 Å². The number of carbonyl (C=O) groups is 2. The molecule has 1 fully saturated rings. The molecule has 0 radical (unpaired) electrons. The number of amides is 2. The molecule has 0 spiro atoms. The first-order valence-electron chi connectivity index (χ1n) is 12.9. The first kappa shape index (κ1) is 25.4. The molecule has 5 aromatic rings. The monoisotopic (exact) mass is 550 g/mol. The van der Waals surface area contributed by atoms with Crippen molar-refractivity contribution in [2.45, 2.75) is 19.8 Å². The van der Waals surface area contributed by atoms with Crippen molar-refractivity contribution in [2.24, 2.45) is 5.92 Å². The van der Waals surface area contributed by atoms with Crippen LogP contribution in [0.2, 0.25) is 0 Å². The van der Waals surface area contributed by atoms with Crippen LogP contribution in [0.25, 0.3) is 16.5 Å². The molecule has 0 aliphatic carbocycles. The van der Waals surface area contributed by atoms with Crippen molar-refractivity contribution in [3.63, 3.8) is 0 Å². The van der Waals surface area contributed by atoms with Gasteiger partial charge in [0.05, 0.1) is 16.5 Å². The summed E-state index contributed by atoms with van der Waals surface area (Å²) in [5.41, 5.74) is 3.28. The molecule has 2 N–H and O–H groups in total. The third-order valence-corrected chi connectivity index (χ3v) is 7.82. The van der Waals surface area contributed by atoms with Gasteiger partial charge in [-0.05, 0) is 36.1 Å². The first-order valence-corrected chi connectivity index (χ1v) is 13.8. The number of para-hydroxylation sites is 1.